The lowest BCUT2D eigenvalue weighted by Crippen LogP contribution is -2.53. The Balaban J connectivity index is 2.63. The molecular weight excluding hydrogens is 249 g/mol. The monoisotopic (exact) mass is 268 g/mol. The molecule has 0 spiro atoms. The van der Waals surface area contributed by atoms with Crippen molar-refractivity contribution >= 4 is 5.91 Å². The number of alkyl halides is 3. The van der Waals surface area contributed by atoms with Crippen LogP contribution in [0.5, 0.6) is 0 Å². The molecule has 0 aliphatic carbocycles. The zero-order valence-electron chi connectivity index (χ0n) is 10.3. The van der Waals surface area contributed by atoms with Crippen LogP contribution in [0.3, 0.4) is 0 Å². The number of carbonyl (C=O) groups is 1. The molecule has 1 aliphatic heterocycles. The SMILES string of the molecule is CC1CCCC(C(=O)N(CCO)CC(F)(F)F)N1. The summed E-state index contributed by atoms with van der Waals surface area (Å²) in [5.41, 5.74) is 0. The number of nitrogens with zero attached hydrogens (tertiary/aromatic N) is 1. The normalized spacial score (nSPS) is 24.9. The predicted octanol–water partition coefficient (Wildman–Crippen LogP) is 0.900. The van der Waals surface area contributed by atoms with Crippen molar-refractivity contribution in [1.82, 2.24) is 10.2 Å². The highest BCUT2D eigenvalue weighted by atomic mass is 19.4. The van der Waals surface area contributed by atoms with E-state index in [0.717, 1.165) is 12.8 Å². The first-order valence-electron chi connectivity index (χ1n) is 6.06. The Morgan fingerprint density at radius 1 is 1.44 bits per heavy atom. The Labute approximate surface area is 104 Å². The van der Waals surface area contributed by atoms with Gasteiger partial charge in [0.15, 0.2) is 0 Å². The van der Waals surface area contributed by atoms with Crippen LogP contribution in [0.1, 0.15) is 26.2 Å². The number of amides is 1. The molecule has 2 unspecified atom stereocenters. The maximum Gasteiger partial charge on any atom is 0.406 e. The van der Waals surface area contributed by atoms with E-state index in [-0.39, 0.29) is 12.6 Å². The highest BCUT2D eigenvalue weighted by Gasteiger charge is 2.36. The molecule has 2 N–H and O–H groups in total. The van der Waals surface area contributed by atoms with E-state index in [0.29, 0.717) is 11.3 Å². The lowest BCUT2D eigenvalue weighted by molar-refractivity contribution is -0.163. The summed E-state index contributed by atoms with van der Waals surface area (Å²) in [6.07, 6.45) is -2.15. The Hall–Kier alpha value is -0.820. The Bertz CT molecular complexity index is 284. The van der Waals surface area contributed by atoms with Gasteiger partial charge in [0.05, 0.1) is 12.6 Å². The third kappa shape index (κ3) is 4.81. The topological polar surface area (TPSA) is 52.6 Å². The summed E-state index contributed by atoms with van der Waals surface area (Å²) in [5.74, 6) is -0.576. The summed E-state index contributed by atoms with van der Waals surface area (Å²) in [6, 6.07) is -0.433. The number of halogens is 3. The van der Waals surface area contributed by atoms with Crippen molar-refractivity contribution in [3.63, 3.8) is 0 Å². The van der Waals surface area contributed by atoms with Crippen molar-refractivity contribution in [1.29, 1.82) is 0 Å². The minimum atomic E-state index is -4.44. The number of piperidine rings is 1. The molecule has 1 fully saturated rings. The van der Waals surface area contributed by atoms with Gasteiger partial charge < -0.3 is 15.3 Å². The zero-order chi connectivity index (χ0) is 13.8. The van der Waals surface area contributed by atoms with Crippen LogP contribution in [0, 0.1) is 0 Å². The first kappa shape index (κ1) is 15.2. The maximum absolute atomic E-state index is 12.3. The van der Waals surface area contributed by atoms with Crippen molar-refractivity contribution < 1.29 is 23.1 Å². The van der Waals surface area contributed by atoms with Gasteiger partial charge in [-0.2, -0.15) is 13.2 Å². The van der Waals surface area contributed by atoms with E-state index in [9.17, 15) is 18.0 Å². The molecule has 1 amide bonds. The molecule has 0 aromatic heterocycles. The highest BCUT2D eigenvalue weighted by molar-refractivity contribution is 5.82. The van der Waals surface area contributed by atoms with Gasteiger partial charge in [-0.3, -0.25) is 4.79 Å². The van der Waals surface area contributed by atoms with Crippen LogP contribution in [0.4, 0.5) is 13.2 Å². The van der Waals surface area contributed by atoms with Crippen LogP contribution in [-0.2, 0) is 4.79 Å². The maximum atomic E-state index is 12.3. The van der Waals surface area contributed by atoms with E-state index in [1.54, 1.807) is 0 Å². The number of aliphatic hydroxyl groups is 1. The summed E-state index contributed by atoms with van der Waals surface area (Å²) in [5, 5.41) is 11.8. The number of carbonyl (C=O) groups excluding carboxylic acids is 1. The molecular formula is C11H19F3N2O2. The van der Waals surface area contributed by atoms with E-state index in [1.807, 2.05) is 6.92 Å². The van der Waals surface area contributed by atoms with Crippen LogP contribution in [0.2, 0.25) is 0 Å². The lowest BCUT2D eigenvalue weighted by atomic mass is 9.98. The van der Waals surface area contributed by atoms with Gasteiger partial charge in [-0.05, 0) is 26.2 Å². The van der Waals surface area contributed by atoms with Crippen LogP contribution in [0.25, 0.3) is 0 Å². The molecule has 1 rings (SSSR count). The molecule has 0 aromatic carbocycles. The average molecular weight is 268 g/mol. The summed E-state index contributed by atoms with van der Waals surface area (Å²) in [4.78, 5) is 12.6. The fourth-order valence-corrected chi connectivity index (χ4v) is 2.16. The molecule has 1 aliphatic rings. The van der Waals surface area contributed by atoms with E-state index < -0.39 is 31.3 Å². The number of hydrogen-bond donors (Lipinski definition) is 2. The molecule has 0 bridgehead atoms. The molecule has 0 radical (unpaired) electrons. The van der Waals surface area contributed by atoms with Gasteiger partial charge in [0, 0.05) is 12.6 Å². The second-order valence-electron chi connectivity index (χ2n) is 4.65. The van der Waals surface area contributed by atoms with Gasteiger partial charge >= 0.3 is 6.18 Å². The zero-order valence-corrected chi connectivity index (χ0v) is 10.3. The van der Waals surface area contributed by atoms with E-state index in [4.69, 9.17) is 5.11 Å². The van der Waals surface area contributed by atoms with Crippen LogP contribution < -0.4 is 5.32 Å². The number of rotatable bonds is 4. The van der Waals surface area contributed by atoms with Crippen molar-refractivity contribution in [3.8, 4) is 0 Å². The van der Waals surface area contributed by atoms with Crippen molar-refractivity contribution in [3.05, 3.63) is 0 Å². The van der Waals surface area contributed by atoms with Crippen LogP contribution in [-0.4, -0.2) is 53.9 Å². The minimum Gasteiger partial charge on any atom is -0.395 e. The molecule has 18 heavy (non-hydrogen) atoms. The smallest absolute Gasteiger partial charge is 0.395 e. The number of nitrogens with one attached hydrogen (secondary N) is 1. The largest absolute Gasteiger partial charge is 0.406 e. The Morgan fingerprint density at radius 3 is 2.61 bits per heavy atom. The van der Waals surface area contributed by atoms with Gasteiger partial charge in [-0.1, -0.05) is 0 Å². The fraction of sp³-hybridized carbons (Fsp3) is 0.909. The Morgan fingerprint density at radius 2 is 2.11 bits per heavy atom. The van der Waals surface area contributed by atoms with Crippen molar-refractivity contribution in [2.24, 2.45) is 0 Å². The average Bonchev–Trinajstić information content (AvgIpc) is 2.26. The van der Waals surface area contributed by atoms with E-state index in [1.165, 1.54) is 0 Å². The highest BCUT2D eigenvalue weighted by Crippen LogP contribution is 2.19. The van der Waals surface area contributed by atoms with Gasteiger partial charge in [0.1, 0.15) is 6.54 Å². The summed E-state index contributed by atoms with van der Waals surface area (Å²) in [7, 11) is 0. The summed E-state index contributed by atoms with van der Waals surface area (Å²) in [6.45, 7) is -0.159. The molecule has 4 nitrogen and oxygen atoms in total. The second-order valence-corrected chi connectivity index (χ2v) is 4.65. The molecule has 0 aromatic rings. The molecule has 1 heterocycles. The fourth-order valence-electron chi connectivity index (χ4n) is 2.16. The van der Waals surface area contributed by atoms with Gasteiger partial charge in [-0.15, -0.1) is 0 Å². The van der Waals surface area contributed by atoms with Crippen molar-refractivity contribution in [2.75, 3.05) is 19.7 Å². The first-order valence-corrected chi connectivity index (χ1v) is 6.06. The minimum absolute atomic E-state index is 0.134. The summed E-state index contributed by atoms with van der Waals surface area (Å²) < 4.78 is 37.0. The standard InChI is InChI=1S/C11H19F3N2O2/c1-8-3-2-4-9(15-8)10(18)16(5-6-17)7-11(12,13)14/h8-9,15,17H,2-7H2,1H3. The number of aliphatic hydroxyl groups excluding tert-OH is 1. The quantitative estimate of drug-likeness (QED) is 0.796. The third-order valence-electron chi connectivity index (χ3n) is 2.97. The van der Waals surface area contributed by atoms with E-state index in [2.05, 4.69) is 5.32 Å². The van der Waals surface area contributed by atoms with E-state index >= 15 is 0 Å². The number of hydrogen-bond acceptors (Lipinski definition) is 3. The predicted molar refractivity (Wildman–Crippen MR) is 60.0 cm³/mol. The van der Waals surface area contributed by atoms with Gasteiger partial charge in [0.2, 0.25) is 5.91 Å². The molecule has 106 valence electrons. The van der Waals surface area contributed by atoms with Crippen molar-refractivity contribution in [2.45, 2.75) is 44.4 Å². The molecule has 1 saturated heterocycles. The van der Waals surface area contributed by atoms with Crippen LogP contribution >= 0.6 is 0 Å². The van der Waals surface area contributed by atoms with Gasteiger partial charge in [-0.25, -0.2) is 0 Å². The molecule has 2 atom stereocenters. The van der Waals surface area contributed by atoms with Crippen LogP contribution in [0.15, 0.2) is 0 Å². The molecule has 7 heteroatoms. The Kier molecular flexibility index (Phi) is 5.40. The second kappa shape index (κ2) is 6.38. The van der Waals surface area contributed by atoms with Gasteiger partial charge in [0.25, 0.3) is 0 Å². The first-order chi connectivity index (χ1) is 8.33. The third-order valence-corrected chi connectivity index (χ3v) is 2.97. The summed E-state index contributed by atoms with van der Waals surface area (Å²) >= 11 is 0. The lowest BCUT2D eigenvalue weighted by Gasteiger charge is -2.32. The molecule has 0 saturated carbocycles.